The van der Waals surface area contributed by atoms with E-state index in [0.29, 0.717) is 0 Å². The van der Waals surface area contributed by atoms with Crippen molar-refractivity contribution in [2.24, 2.45) is 5.92 Å². The van der Waals surface area contributed by atoms with Crippen LogP contribution in [0.3, 0.4) is 0 Å². The van der Waals surface area contributed by atoms with Gasteiger partial charge in [-0.15, -0.1) is 0 Å². The topological polar surface area (TPSA) is 34.1 Å². The molecule has 2 nitrogen and oxygen atoms in total. The molecule has 0 unspecified atom stereocenters. The SMILES string of the molecule is CCSC(=O)CC(=O)C1CCCCC1. The Labute approximate surface area is 89.8 Å². The number of Topliss-reactive ketones (excluding diaryl/α,β-unsaturated/α-hetero) is 1. The third-order valence-electron chi connectivity index (χ3n) is 2.68. The van der Waals surface area contributed by atoms with Gasteiger partial charge in [0.2, 0.25) is 0 Å². The minimum Gasteiger partial charge on any atom is -0.299 e. The molecule has 0 radical (unpaired) electrons. The van der Waals surface area contributed by atoms with E-state index in [-0.39, 0.29) is 23.2 Å². The Bertz CT molecular complexity index is 207. The van der Waals surface area contributed by atoms with E-state index in [1.54, 1.807) is 0 Å². The van der Waals surface area contributed by atoms with Gasteiger partial charge in [-0.25, -0.2) is 0 Å². The van der Waals surface area contributed by atoms with E-state index in [2.05, 4.69) is 0 Å². The van der Waals surface area contributed by atoms with Gasteiger partial charge in [-0.1, -0.05) is 37.9 Å². The number of thioether (sulfide) groups is 1. The van der Waals surface area contributed by atoms with Gasteiger partial charge in [0.05, 0.1) is 6.42 Å². The van der Waals surface area contributed by atoms with Crippen LogP contribution >= 0.6 is 11.8 Å². The van der Waals surface area contributed by atoms with Gasteiger partial charge < -0.3 is 0 Å². The molecular weight excluding hydrogens is 196 g/mol. The van der Waals surface area contributed by atoms with E-state index in [0.717, 1.165) is 31.4 Å². The summed E-state index contributed by atoms with van der Waals surface area (Å²) in [4.78, 5) is 22.9. The van der Waals surface area contributed by atoms with Crippen molar-refractivity contribution >= 4 is 22.7 Å². The zero-order valence-electron chi connectivity index (χ0n) is 8.75. The van der Waals surface area contributed by atoms with E-state index in [9.17, 15) is 9.59 Å². The van der Waals surface area contributed by atoms with Gasteiger partial charge in [0.25, 0.3) is 0 Å². The smallest absolute Gasteiger partial charge is 0.196 e. The lowest BCUT2D eigenvalue weighted by atomic mass is 9.85. The van der Waals surface area contributed by atoms with Gasteiger partial charge in [-0.05, 0) is 18.6 Å². The predicted molar refractivity (Wildman–Crippen MR) is 59.3 cm³/mol. The zero-order valence-corrected chi connectivity index (χ0v) is 9.57. The molecule has 0 aromatic rings. The number of hydrogen-bond donors (Lipinski definition) is 0. The summed E-state index contributed by atoms with van der Waals surface area (Å²) in [5, 5.41) is 0.0445. The summed E-state index contributed by atoms with van der Waals surface area (Å²) in [6.07, 6.45) is 5.73. The Morgan fingerprint density at radius 1 is 1.21 bits per heavy atom. The van der Waals surface area contributed by atoms with E-state index < -0.39 is 0 Å². The fourth-order valence-electron chi connectivity index (χ4n) is 1.92. The summed E-state index contributed by atoms with van der Waals surface area (Å²) in [5.41, 5.74) is 0. The van der Waals surface area contributed by atoms with Crippen LogP contribution in [-0.4, -0.2) is 16.7 Å². The summed E-state index contributed by atoms with van der Waals surface area (Å²) < 4.78 is 0. The average molecular weight is 214 g/mol. The second-order valence-electron chi connectivity index (χ2n) is 3.78. The molecule has 0 aliphatic heterocycles. The number of rotatable bonds is 4. The second kappa shape index (κ2) is 6.23. The molecule has 0 saturated heterocycles. The molecule has 3 heteroatoms. The first-order valence-electron chi connectivity index (χ1n) is 5.42. The first kappa shape index (κ1) is 11.8. The Kier molecular flexibility index (Phi) is 5.23. The molecule has 1 saturated carbocycles. The molecule has 1 aliphatic carbocycles. The predicted octanol–water partition coefficient (Wildman–Crippen LogP) is 2.81. The molecule has 0 aromatic carbocycles. The van der Waals surface area contributed by atoms with Crippen LogP contribution in [0.15, 0.2) is 0 Å². The zero-order chi connectivity index (χ0) is 10.4. The highest BCUT2D eigenvalue weighted by Gasteiger charge is 2.22. The number of carbonyl (C=O) groups excluding carboxylic acids is 2. The molecule has 1 aliphatic rings. The highest BCUT2D eigenvalue weighted by atomic mass is 32.2. The van der Waals surface area contributed by atoms with Crippen molar-refractivity contribution < 1.29 is 9.59 Å². The van der Waals surface area contributed by atoms with Crippen molar-refractivity contribution in [3.05, 3.63) is 0 Å². The molecule has 80 valence electrons. The van der Waals surface area contributed by atoms with Crippen LogP contribution in [0.5, 0.6) is 0 Å². The first-order chi connectivity index (χ1) is 6.74. The van der Waals surface area contributed by atoms with Gasteiger partial charge in [0, 0.05) is 5.92 Å². The highest BCUT2D eigenvalue weighted by Crippen LogP contribution is 2.25. The maximum Gasteiger partial charge on any atom is 0.196 e. The van der Waals surface area contributed by atoms with Crippen molar-refractivity contribution in [1.29, 1.82) is 0 Å². The van der Waals surface area contributed by atoms with Crippen LogP contribution in [-0.2, 0) is 9.59 Å². The summed E-state index contributed by atoms with van der Waals surface area (Å²) in [7, 11) is 0. The average Bonchev–Trinajstić information content (AvgIpc) is 2.19. The first-order valence-corrected chi connectivity index (χ1v) is 6.41. The van der Waals surface area contributed by atoms with Crippen LogP contribution in [0, 0.1) is 5.92 Å². The lowest BCUT2D eigenvalue weighted by Crippen LogP contribution is -2.19. The summed E-state index contributed by atoms with van der Waals surface area (Å²) >= 11 is 1.26. The molecule has 1 rings (SSSR count). The normalized spacial score (nSPS) is 18.1. The van der Waals surface area contributed by atoms with Crippen LogP contribution < -0.4 is 0 Å². The molecule has 0 heterocycles. The molecule has 14 heavy (non-hydrogen) atoms. The van der Waals surface area contributed by atoms with Gasteiger partial charge in [0.1, 0.15) is 5.78 Å². The van der Waals surface area contributed by atoms with Crippen LogP contribution in [0.4, 0.5) is 0 Å². The van der Waals surface area contributed by atoms with E-state index in [1.807, 2.05) is 6.92 Å². The van der Waals surface area contributed by atoms with Crippen LogP contribution in [0.2, 0.25) is 0 Å². The molecule has 1 fully saturated rings. The Morgan fingerprint density at radius 3 is 2.43 bits per heavy atom. The summed E-state index contributed by atoms with van der Waals surface area (Å²) in [5.74, 6) is 1.14. The minimum absolute atomic E-state index is 0.0445. The highest BCUT2D eigenvalue weighted by molar-refractivity contribution is 8.13. The molecule has 0 atom stereocenters. The fraction of sp³-hybridized carbons (Fsp3) is 0.818. The van der Waals surface area contributed by atoms with E-state index in [1.165, 1.54) is 18.2 Å². The van der Waals surface area contributed by atoms with Gasteiger partial charge in [-0.2, -0.15) is 0 Å². The standard InChI is InChI=1S/C11H18O2S/c1-2-14-11(13)8-10(12)9-6-4-3-5-7-9/h9H,2-8H2,1H3. The second-order valence-corrected chi connectivity index (χ2v) is 5.10. The number of ketones is 1. The van der Waals surface area contributed by atoms with Gasteiger partial charge in [-0.3, -0.25) is 9.59 Å². The Balaban J connectivity index is 2.29. The summed E-state index contributed by atoms with van der Waals surface area (Å²) in [6.45, 7) is 1.94. The Morgan fingerprint density at radius 2 is 1.86 bits per heavy atom. The lowest BCUT2D eigenvalue weighted by molar-refractivity contribution is -0.127. The fourth-order valence-corrected chi connectivity index (χ4v) is 2.49. The van der Waals surface area contributed by atoms with Crippen LogP contribution in [0.25, 0.3) is 0 Å². The molecule has 0 bridgehead atoms. The van der Waals surface area contributed by atoms with Crippen molar-refractivity contribution in [2.45, 2.75) is 45.4 Å². The van der Waals surface area contributed by atoms with Gasteiger partial charge >= 0.3 is 0 Å². The van der Waals surface area contributed by atoms with Crippen molar-refractivity contribution in [3.8, 4) is 0 Å². The molecule has 0 spiro atoms. The van der Waals surface area contributed by atoms with E-state index >= 15 is 0 Å². The van der Waals surface area contributed by atoms with Gasteiger partial charge in [0.15, 0.2) is 5.12 Å². The number of carbonyl (C=O) groups is 2. The third kappa shape index (κ3) is 3.82. The Hall–Kier alpha value is -0.310. The largest absolute Gasteiger partial charge is 0.299 e. The maximum absolute atomic E-state index is 11.6. The molecular formula is C11H18O2S. The quantitative estimate of drug-likeness (QED) is 0.675. The minimum atomic E-state index is 0.0445. The van der Waals surface area contributed by atoms with Crippen molar-refractivity contribution in [3.63, 3.8) is 0 Å². The summed E-state index contributed by atoms with van der Waals surface area (Å²) in [6, 6.07) is 0. The molecule has 0 aromatic heterocycles. The van der Waals surface area contributed by atoms with E-state index in [4.69, 9.17) is 0 Å². The number of hydrogen-bond acceptors (Lipinski definition) is 3. The third-order valence-corrected chi connectivity index (χ3v) is 3.44. The van der Waals surface area contributed by atoms with Crippen molar-refractivity contribution in [1.82, 2.24) is 0 Å². The maximum atomic E-state index is 11.6. The van der Waals surface area contributed by atoms with Crippen LogP contribution in [0.1, 0.15) is 45.4 Å². The monoisotopic (exact) mass is 214 g/mol. The molecule has 0 amide bonds. The van der Waals surface area contributed by atoms with Crippen molar-refractivity contribution in [2.75, 3.05) is 5.75 Å². The molecule has 0 N–H and O–H groups in total. The lowest BCUT2D eigenvalue weighted by Gasteiger charge is -2.19.